The fraction of sp³-hybridized carbons (Fsp3) is 0.222. The highest BCUT2D eigenvalue weighted by Gasteiger charge is 2.32. The highest BCUT2D eigenvalue weighted by molar-refractivity contribution is 9.10. The second kappa shape index (κ2) is 6.95. The van der Waals surface area contributed by atoms with Gasteiger partial charge in [-0.05, 0) is 49.2 Å². The molecule has 24 heavy (non-hydrogen) atoms. The van der Waals surface area contributed by atoms with Crippen molar-refractivity contribution in [2.75, 3.05) is 10.2 Å². The Hall–Kier alpha value is -1.85. The van der Waals surface area contributed by atoms with E-state index in [0.717, 1.165) is 15.7 Å². The number of benzene rings is 2. The van der Waals surface area contributed by atoms with Crippen LogP contribution in [0.2, 0.25) is 5.02 Å². The number of nitrogens with zero attached hydrogens (tertiary/aromatic N) is 1. The molecule has 124 valence electrons. The second-order valence-corrected chi connectivity index (χ2v) is 7.00. The van der Waals surface area contributed by atoms with Crippen molar-refractivity contribution in [2.24, 2.45) is 0 Å². The molecule has 2 aromatic carbocycles. The molecule has 0 bridgehead atoms. The molecule has 0 saturated heterocycles. The van der Waals surface area contributed by atoms with Crippen molar-refractivity contribution in [3.63, 3.8) is 0 Å². The van der Waals surface area contributed by atoms with Crippen LogP contribution in [-0.4, -0.2) is 17.9 Å². The van der Waals surface area contributed by atoms with Crippen LogP contribution in [0.3, 0.4) is 0 Å². The summed E-state index contributed by atoms with van der Waals surface area (Å²) in [6.45, 7) is 1.72. The van der Waals surface area contributed by atoms with Gasteiger partial charge in [-0.25, -0.2) is 0 Å². The molecule has 1 unspecified atom stereocenters. The molecule has 6 heteroatoms. The average molecular weight is 408 g/mol. The quantitative estimate of drug-likeness (QED) is 0.819. The molecule has 0 radical (unpaired) electrons. The maximum absolute atomic E-state index is 12.6. The Morgan fingerprint density at radius 3 is 2.75 bits per heavy atom. The van der Waals surface area contributed by atoms with E-state index in [1.54, 1.807) is 36.1 Å². The van der Waals surface area contributed by atoms with Crippen molar-refractivity contribution in [3.05, 3.63) is 57.5 Å². The number of carbonyl (C=O) groups excluding carboxylic acids is 2. The highest BCUT2D eigenvalue weighted by atomic mass is 79.9. The summed E-state index contributed by atoms with van der Waals surface area (Å²) >= 11 is 9.53. The summed E-state index contributed by atoms with van der Waals surface area (Å²) < 4.78 is 0.962. The number of nitrogens with one attached hydrogen (secondary N) is 1. The second-order valence-electron chi connectivity index (χ2n) is 5.68. The summed E-state index contributed by atoms with van der Waals surface area (Å²) in [5.41, 5.74) is 2.38. The third-order valence-electron chi connectivity index (χ3n) is 4.08. The van der Waals surface area contributed by atoms with Crippen LogP contribution in [0.25, 0.3) is 0 Å². The van der Waals surface area contributed by atoms with E-state index in [1.165, 1.54) is 0 Å². The smallest absolute Gasteiger partial charge is 0.247 e. The third kappa shape index (κ3) is 3.32. The Bertz CT molecular complexity index is 809. The number of amides is 2. The van der Waals surface area contributed by atoms with Gasteiger partial charge in [-0.1, -0.05) is 39.7 Å². The topological polar surface area (TPSA) is 49.4 Å². The minimum atomic E-state index is -0.631. The van der Waals surface area contributed by atoms with Gasteiger partial charge < -0.3 is 5.32 Å². The van der Waals surface area contributed by atoms with Crippen molar-refractivity contribution in [1.29, 1.82) is 0 Å². The van der Waals surface area contributed by atoms with E-state index in [4.69, 9.17) is 11.6 Å². The van der Waals surface area contributed by atoms with Crippen molar-refractivity contribution >= 4 is 50.7 Å². The van der Waals surface area contributed by atoms with Gasteiger partial charge in [-0.3, -0.25) is 14.5 Å². The molecule has 1 atom stereocenters. The fourth-order valence-electron chi connectivity index (χ4n) is 2.83. The van der Waals surface area contributed by atoms with Gasteiger partial charge >= 0.3 is 0 Å². The highest BCUT2D eigenvalue weighted by Crippen LogP contribution is 2.32. The van der Waals surface area contributed by atoms with Crippen molar-refractivity contribution < 1.29 is 9.59 Å². The first-order chi connectivity index (χ1) is 11.5. The first-order valence-corrected chi connectivity index (χ1v) is 8.80. The molecule has 2 aromatic rings. The number of aryl methyl sites for hydroxylation is 1. The average Bonchev–Trinajstić information content (AvgIpc) is 2.56. The number of anilines is 2. The number of para-hydroxylation sites is 1. The fourth-order valence-corrected chi connectivity index (χ4v) is 3.42. The lowest BCUT2D eigenvalue weighted by molar-refractivity contribution is -0.123. The van der Waals surface area contributed by atoms with Crippen LogP contribution < -0.4 is 10.2 Å². The van der Waals surface area contributed by atoms with E-state index >= 15 is 0 Å². The number of hydrogen-bond donors (Lipinski definition) is 1. The number of hydrogen-bond acceptors (Lipinski definition) is 2. The predicted octanol–water partition coefficient (Wildman–Crippen LogP) is 4.41. The maximum atomic E-state index is 12.6. The zero-order chi connectivity index (χ0) is 17.3. The van der Waals surface area contributed by atoms with Gasteiger partial charge in [-0.15, -0.1) is 0 Å². The van der Waals surface area contributed by atoms with Crippen molar-refractivity contribution in [3.8, 4) is 0 Å². The number of halogens is 2. The SMILES string of the molecule is CC(C(=O)Nc1ccccc1Cl)N1C(=O)CCc2cc(Br)ccc21. The van der Waals surface area contributed by atoms with Crippen molar-refractivity contribution in [2.45, 2.75) is 25.8 Å². The van der Waals surface area contributed by atoms with Crippen LogP contribution in [0.5, 0.6) is 0 Å². The molecule has 3 rings (SSSR count). The lowest BCUT2D eigenvalue weighted by Gasteiger charge is -2.33. The van der Waals surface area contributed by atoms with E-state index in [2.05, 4.69) is 21.2 Å². The Morgan fingerprint density at radius 2 is 2.00 bits per heavy atom. The van der Waals surface area contributed by atoms with Gasteiger partial charge in [0.1, 0.15) is 6.04 Å². The zero-order valence-electron chi connectivity index (χ0n) is 13.1. The van der Waals surface area contributed by atoms with Gasteiger partial charge in [0.05, 0.1) is 10.7 Å². The molecule has 0 saturated carbocycles. The van der Waals surface area contributed by atoms with Gasteiger partial charge in [0.2, 0.25) is 11.8 Å². The van der Waals surface area contributed by atoms with Crippen LogP contribution in [0.4, 0.5) is 11.4 Å². The van der Waals surface area contributed by atoms with Crippen LogP contribution in [0, 0.1) is 0 Å². The normalized spacial score (nSPS) is 15.0. The molecule has 1 heterocycles. The summed E-state index contributed by atoms with van der Waals surface area (Å²) in [6.07, 6.45) is 1.08. The number of rotatable bonds is 3. The summed E-state index contributed by atoms with van der Waals surface area (Å²) in [5, 5.41) is 3.26. The van der Waals surface area contributed by atoms with E-state index in [-0.39, 0.29) is 11.8 Å². The number of carbonyl (C=O) groups is 2. The van der Waals surface area contributed by atoms with Gasteiger partial charge in [0.25, 0.3) is 0 Å². The molecular formula is C18H16BrClN2O2. The monoisotopic (exact) mass is 406 g/mol. The molecular weight excluding hydrogens is 392 g/mol. The number of fused-ring (bicyclic) bond motifs is 1. The molecule has 4 nitrogen and oxygen atoms in total. The predicted molar refractivity (Wildman–Crippen MR) is 99.5 cm³/mol. The molecule has 0 fully saturated rings. The Kier molecular flexibility index (Phi) is 4.92. The standard InChI is InChI=1S/C18H16BrClN2O2/c1-11(18(24)21-15-5-3-2-4-14(15)20)22-16-8-7-13(19)10-12(16)6-9-17(22)23/h2-5,7-8,10-11H,6,9H2,1H3,(H,21,24). The molecule has 0 spiro atoms. The lowest BCUT2D eigenvalue weighted by Crippen LogP contribution is -2.48. The van der Waals surface area contributed by atoms with E-state index in [0.29, 0.717) is 23.6 Å². The van der Waals surface area contributed by atoms with E-state index in [1.807, 2.05) is 18.2 Å². The van der Waals surface area contributed by atoms with Gasteiger partial charge in [0.15, 0.2) is 0 Å². The Labute approximate surface area is 153 Å². The van der Waals surface area contributed by atoms with Crippen LogP contribution >= 0.6 is 27.5 Å². The minimum Gasteiger partial charge on any atom is -0.323 e. The lowest BCUT2D eigenvalue weighted by atomic mass is 9.99. The Balaban J connectivity index is 1.86. The summed E-state index contributed by atoms with van der Waals surface area (Å²) in [5.74, 6) is -0.321. The zero-order valence-corrected chi connectivity index (χ0v) is 15.4. The van der Waals surface area contributed by atoms with Crippen LogP contribution in [0.15, 0.2) is 46.9 Å². The van der Waals surface area contributed by atoms with Crippen molar-refractivity contribution in [1.82, 2.24) is 0 Å². The molecule has 1 aliphatic rings. The first-order valence-electron chi connectivity index (χ1n) is 7.63. The van der Waals surface area contributed by atoms with Gasteiger partial charge in [-0.2, -0.15) is 0 Å². The first kappa shape index (κ1) is 17.0. The summed E-state index contributed by atoms with van der Waals surface area (Å²) in [7, 11) is 0. The van der Waals surface area contributed by atoms with E-state index in [9.17, 15) is 9.59 Å². The summed E-state index contributed by atoms with van der Waals surface area (Å²) in [4.78, 5) is 26.6. The third-order valence-corrected chi connectivity index (χ3v) is 4.90. The van der Waals surface area contributed by atoms with Crippen LogP contribution in [0.1, 0.15) is 18.9 Å². The van der Waals surface area contributed by atoms with Crippen LogP contribution in [-0.2, 0) is 16.0 Å². The van der Waals surface area contributed by atoms with Gasteiger partial charge in [0, 0.05) is 16.6 Å². The molecule has 2 amide bonds. The molecule has 0 aromatic heterocycles. The minimum absolute atomic E-state index is 0.0494. The maximum Gasteiger partial charge on any atom is 0.247 e. The summed E-state index contributed by atoms with van der Waals surface area (Å²) in [6, 6.07) is 12.1. The largest absolute Gasteiger partial charge is 0.323 e. The molecule has 1 N–H and O–H groups in total. The Morgan fingerprint density at radius 1 is 1.25 bits per heavy atom. The molecule has 0 aliphatic carbocycles. The van der Waals surface area contributed by atoms with E-state index < -0.39 is 6.04 Å². The molecule has 1 aliphatic heterocycles.